The molecule has 4 atom stereocenters. The van der Waals surface area contributed by atoms with Gasteiger partial charge in [-0.2, -0.15) is 0 Å². The molecule has 4 rings (SSSR count). The molecule has 0 unspecified atom stereocenters. The number of hydrogen-bond donors (Lipinski definition) is 0. The minimum atomic E-state index is -0.540. The van der Waals surface area contributed by atoms with Crippen LogP contribution in [0.2, 0.25) is 0 Å². The van der Waals surface area contributed by atoms with Crippen LogP contribution in [0.4, 0.5) is 0 Å². The number of carbonyl (C=O) groups is 2. The van der Waals surface area contributed by atoms with Crippen LogP contribution in [0.15, 0.2) is 60.7 Å². The van der Waals surface area contributed by atoms with Crippen LogP contribution >= 0.6 is 0 Å². The van der Waals surface area contributed by atoms with E-state index in [4.69, 9.17) is 18.9 Å². The Balaban J connectivity index is 1.27. The summed E-state index contributed by atoms with van der Waals surface area (Å²) in [6.07, 6.45) is 4.20. The molecule has 2 fully saturated rings. The van der Waals surface area contributed by atoms with Gasteiger partial charge in [-0.15, -0.1) is 0 Å². The summed E-state index contributed by atoms with van der Waals surface area (Å²) in [5.41, 5.74) is 4.13. The topological polar surface area (TPSA) is 71.1 Å². The van der Waals surface area contributed by atoms with E-state index in [1.165, 1.54) is 12.2 Å². The van der Waals surface area contributed by atoms with Crippen LogP contribution in [0.3, 0.4) is 0 Å². The summed E-state index contributed by atoms with van der Waals surface area (Å²) in [7, 11) is 0. The Bertz CT molecular complexity index is 922. The number of esters is 2. The van der Waals surface area contributed by atoms with Crippen LogP contribution in [0.25, 0.3) is 12.2 Å². The van der Waals surface area contributed by atoms with Crippen molar-refractivity contribution in [2.75, 3.05) is 13.2 Å². The van der Waals surface area contributed by atoms with E-state index in [0.29, 0.717) is 0 Å². The average Bonchev–Trinajstić information content (AvgIpc) is 3.36. The minimum Gasteiger partial charge on any atom is -0.454 e. The van der Waals surface area contributed by atoms with Crippen molar-refractivity contribution < 1.29 is 28.5 Å². The van der Waals surface area contributed by atoms with Crippen LogP contribution in [0.5, 0.6) is 0 Å². The minimum absolute atomic E-state index is 0.201. The Hall–Kier alpha value is -3.22. The highest BCUT2D eigenvalue weighted by Crippen LogP contribution is 2.30. The molecule has 6 nitrogen and oxygen atoms in total. The first-order valence-corrected chi connectivity index (χ1v) is 10.6. The third kappa shape index (κ3) is 5.52. The molecule has 0 aliphatic carbocycles. The van der Waals surface area contributed by atoms with Crippen molar-refractivity contribution in [2.24, 2.45) is 0 Å². The first-order valence-electron chi connectivity index (χ1n) is 10.6. The lowest BCUT2D eigenvalue weighted by Gasteiger charge is -2.16. The van der Waals surface area contributed by atoms with E-state index >= 15 is 0 Å². The molecule has 2 aliphatic rings. The van der Waals surface area contributed by atoms with Gasteiger partial charge in [0.2, 0.25) is 0 Å². The Morgan fingerprint density at radius 1 is 0.719 bits per heavy atom. The fourth-order valence-corrected chi connectivity index (χ4v) is 3.69. The molecular formula is C26H26O6. The van der Waals surface area contributed by atoms with E-state index in [-0.39, 0.29) is 13.2 Å². The van der Waals surface area contributed by atoms with Crippen LogP contribution < -0.4 is 0 Å². The highest BCUT2D eigenvalue weighted by Gasteiger charge is 2.50. The molecular weight excluding hydrogens is 408 g/mol. The van der Waals surface area contributed by atoms with Gasteiger partial charge in [0.05, 0.1) is 13.2 Å². The summed E-state index contributed by atoms with van der Waals surface area (Å²) in [6, 6.07) is 15.6. The monoisotopic (exact) mass is 434 g/mol. The predicted octanol–water partition coefficient (Wildman–Crippen LogP) is 3.65. The third-order valence-corrected chi connectivity index (χ3v) is 5.48. The van der Waals surface area contributed by atoms with Crippen LogP contribution in [0, 0.1) is 13.8 Å². The predicted molar refractivity (Wildman–Crippen MR) is 120 cm³/mol. The number of aryl methyl sites for hydroxylation is 2. The normalized spacial score (nSPS) is 24.7. The summed E-state index contributed by atoms with van der Waals surface area (Å²) in [4.78, 5) is 24.4. The van der Waals surface area contributed by atoms with Crippen molar-refractivity contribution in [1.82, 2.24) is 0 Å². The second kappa shape index (κ2) is 9.94. The van der Waals surface area contributed by atoms with Gasteiger partial charge in [0.1, 0.15) is 12.2 Å². The van der Waals surface area contributed by atoms with Crippen LogP contribution in [0.1, 0.15) is 22.3 Å². The molecule has 0 spiro atoms. The summed E-state index contributed by atoms with van der Waals surface area (Å²) < 4.78 is 22.5. The van der Waals surface area contributed by atoms with Crippen molar-refractivity contribution >= 4 is 24.1 Å². The van der Waals surface area contributed by atoms with Gasteiger partial charge in [-0.25, -0.2) is 9.59 Å². The molecule has 0 bridgehead atoms. The van der Waals surface area contributed by atoms with Crippen molar-refractivity contribution in [2.45, 2.75) is 38.3 Å². The van der Waals surface area contributed by atoms with E-state index in [1.807, 2.05) is 62.4 Å². The molecule has 2 aromatic carbocycles. The van der Waals surface area contributed by atoms with Gasteiger partial charge in [0.25, 0.3) is 0 Å². The molecule has 32 heavy (non-hydrogen) atoms. The fourth-order valence-electron chi connectivity index (χ4n) is 3.69. The Morgan fingerprint density at radius 2 is 1.09 bits per heavy atom. The average molecular weight is 434 g/mol. The second-order valence-corrected chi connectivity index (χ2v) is 8.03. The van der Waals surface area contributed by atoms with Gasteiger partial charge >= 0.3 is 11.9 Å². The molecule has 0 N–H and O–H groups in total. The smallest absolute Gasteiger partial charge is 0.331 e. The van der Waals surface area contributed by atoms with E-state index in [2.05, 4.69) is 0 Å². The molecule has 166 valence electrons. The number of ether oxygens (including phenoxy) is 4. The summed E-state index contributed by atoms with van der Waals surface area (Å²) >= 11 is 0. The van der Waals surface area contributed by atoms with Gasteiger partial charge in [-0.05, 0) is 37.1 Å². The Kier molecular flexibility index (Phi) is 6.83. The van der Waals surface area contributed by atoms with Gasteiger partial charge in [0, 0.05) is 12.2 Å². The van der Waals surface area contributed by atoms with Crippen LogP contribution in [-0.4, -0.2) is 49.6 Å². The molecule has 6 heteroatoms. The quantitative estimate of drug-likeness (QED) is 0.511. The lowest BCUT2D eigenvalue weighted by atomic mass is 10.1. The molecule has 2 saturated heterocycles. The van der Waals surface area contributed by atoms with Crippen molar-refractivity contribution in [3.8, 4) is 0 Å². The van der Waals surface area contributed by atoms with Gasteiger partial charge in [-0.3, -0.25) is 0 Å². The standard InChI is InChI=1S/C26H26O6/c1-17-3-7-19(8-4-17)11-13-23(27)31-21-15-29-26-22(16-30-25(21)26)32-24(28)14-12-20-9-5-18(2)6-10-20/h3-14,21-22,25-26H,15-16H2,1-2H3/b13-11+,14-12?/t21-,22-,25-,26-/m1/s1. The maximum absolute atomic E-state index is 12.2. The molecule has 2 aromatic rings. The number of carbonyl (C=O) groups excluding carboxylic acids is 2. The summed E-state index contributed by atoms with van der Waals surface area (Å²) in [5, 5.41) is 0. The zero-order chi connectivity index (χ0) is 22.5. The number of rotatable bonds is 6. The molecule has 0 aromatic heterocycles. The fraction of sp³-hybridized carbons (Fsp3) is 0.308. The zero-order valence-electron chi connectivity index (χ0n) is 18.1. The first-order chi connectivity index (χ1) is 15.5. The number of benzene rings is 2. The van der Waals surface area contributed by atoms with E-state index in [1.54, 1.807) is 12.2 Å². The van der Waals surface area contributed by atoms with E-state index in [0.717, 1.165) is 22.3 Å². The lowest BCUT2D eigenvalue weighted by molar-refractivity contribution is -0.149. The van der Waals surface area contributed by atoms with Gasteiger partial charge < -0.3 is 18.9 Å². The number of hydrogen-bond acceptors (Lipinski definition) is 6. The Morgan fingerprint density at radius 3 is 1.47 bits per heavy atom. The highest BCUT2D eigenvalue weighted by atomic mass is 16.7. The van der Waals surface area contributed by atoms with E-state index < -0.39 is 36.4 Å². The third-order valence-electron chi connectivity index (χ3n) is 5.48. The van der Waals surface area contributed by atoms with Gasteiger partial charge in [0.15, 0.2) is 12.2 Å². The largest absolute Gasteiger partial charge is 0.454 e. The second-order valence-electron chi connectivity index (χ2n) is 8.03. The van der Waals surface area contributed by atoms with Crippen molar-refractivity contribution in [1.29, 1.82) is 0 Å². The highest BCUT2D eigenvalue weighted by molar-refractivity contribution is 5.87. The zero-order valence-corrected chi connectivity index (χ0v) is 18.1. The first kappa shape index (κ1) is 22.0. The lowest BCUT2D eigenvalue weighted by Crippen LogP contribution is -2.35. The summed E-state index contributed by atoms with van der Waals surface area (Å²) in [6.45, 7) is 4.41. The maximum atomic E-state index is 12.2. The maximum Gasteiger partial charge on any atom is 0.331 e. The SMILES string of the molecule is Cc1ccc(C=CC(=O)O[C@@H]2CO[C@H]3[C@@H]2OC[C@H]3OC(=O)/C=C/c2ccc(C)cc2)cc1. The van der Waals surface area contributed by atoms with E-state index in [9.17, 15) is 9.59 Å². The molecule has 0 saturated carbocycles. The van der Waals surface area contributed by atoms with Gasteiger partial charge in [-0.1, -0.05) is 59.7 Å². The Labute approximate surface area is 187 Å². The van der Waals surface area contributed by atoms with Crippen molar-refractivity contribution in [3.63, 3.8) is 0 Å². The number of fused-ring (bicyclic) bond motifs is 1. The molecule has 2 heterocycles. The molecule has 0 radical (unpaired) electrons. The molecule has 0 amide bonds. The van der Waals surface area contributed by atoms with Crippen LogP contribution in [-0.2, 0) is 28.5 Å². The molecule has 2 aliphatic heterocycles. The van der Waals surface area contributed by atoms with Crippen molar-refractivity contribution in [3.05, 3.63) is 82.9 Å². The summed E-state index contributed by atoms with van der Waals surface area (Å²) in [5.74, 6) is -0.935.